The van der Waals surface area contributed by atoms with E-state index in [-0.39, 0.29) is 19.1 Å². The van der Waals surface area contributed by atoms with Crippen LogP contribution < -0.4 is 5.32 Å². The maximum atomic E-state index is 11.8. The summed E-state index contributed by atoms with van der Waals surface area (Å²) >= 11 is 0. The SMILES string of the molecule is O=C(CCc1c[nH]c2ccccc12)NCCOCC(F)F. The van der Waals surface area contributed by atoms with Gasteiger partial charge in [0.05, 0.1) is 6.61 Å². The van der Waals surface area contributed by atoms with E-state index < -0.39 is 13.0 Å². The fraction of sp³-hybridized carbons (Fsp3) is 0.400. The molecule has 1 aromatic heterocycles. The number of halogens is 2. The normalized spacial score (nSPS) is 11.2. The summed E-state index contributed by atoms with van der Waals surface area (Å²) in [5.74, 6) is -0.110. The Labute approximate surface area is 121 Å². The lowest BCUT2D eigenvalue weighted by molar-refractivity contribution is -0.121. The summed E-state index contributed by atoms with van der Waals surface area (Å²) in [4.78, 5) is 14.8. The van der Waals surface area contributed by atoms with E-state index in [1.807, 2.05) is 30.5 Å². The topological polar surface area (TPSA) is 54.1 Å². The molecule has 21 heavy (non-hydrogen) atoms. The zero-order valence-corrected chi connectivity index (χ0v) is 11.6. The summed E-state index contributed by atoms with van der Waals surface area (Å²) in [5, 5.41) is 3.76. The van der Waals surface area contributed by atoms with Gasteiger partial charge in [-0.15, -0.1) is 0 Å². The van der Waals surface area contributed by atoms with Crippen LogP contribution >= 0.6 is 0 Å². The summed E-state index contributed by atoms with van der Waals surface area (Å²) in [6, 6.07) is 7.91. The molecule has 0 saturated carbocycles. The first-order chi connectivity index (χ1) is 10.2. The zero-order valence-electron chi connectivity index (χ0n) is 11.6. The molecule has 2 N–H and O–H groups in total. The number of aromatic nitrogens is 1. The molecular weight excluding hydrogens is 278 g/mol. The van der Waals surface area contributed by atoms with Gasteiger partial charge in [0.2, 0.25) is 5.91 Å². The van der Waals surface area contributed by atoms with Crippen LogP contribution in [0.1, 0.15) is 12.0 Å². The Morgan fingerprint density at radius 3 is 2.95 bits per heavy atom. The lowest BCUT2D eigenvalue weighted by atomic mass is 10.1. The number of carbonyl (C=O) groups excluding carboxylic acids is 1. The van der Waals surface area contributed by atoms with Crippen LogP contribution in [0.2, 0.25) is 0 Å². The molecule has 0 atom stereocenters. The largest absolute Gasteiger partial charge is 0.374 e. The van der Waals surface area contributed by atoms with E-state index in [0.717, 1.165) is 16.5 Å². The molecule has 0 fully saturated rings. The van der Waals surface area contributed by atoms with Gasteiger partial charge in [0, 0.05) is 30.1 Å². The molecule has 6 heteroatoms. The Hall–Kier alpha value is -1.95. The molecule has 0 saturated heterocycles. The third kappa shape index (κ3) is 4.82. The fourth-order valence-electron chi connectivity index (χ4n) is 2.11. The van der Waals surface area contributed by atoms with Gasteiger partial charge < -0.3 is 15.0 Å². The average molecular weight is 296 g/mol. The molecule has 0 bridgehead atoms. The van der Waals surface area contributed by atoms with Crippen molar-refractivity contribution in [2.45, 2.75) is 19.3 Å². The Bertz CT molecular complexity index is 584. The molecule has 0 radical (unpaired) electrons. The second-order valence-electron chi connectivity index (χ2n) is 4.68. The van der Waals surface area contributed by atoms with Crippen molar-refractivity contribution in [1.82, 2.24) is 10.3 Å². The van der Waals surface area contributed by atoms with Gasteiger partial charge in [-0.25, -0.2) is 8.78 Å². The second-order valence-corrected chi connectivity index (χ2v) is 4.68. The van der Waals surface area contributed by atoms with Crippen molar-refractivity contribution in [2.75, 3.05) is 19.8 Å². The number of aromatic amines is 1. The molecule has 1 heterocycles. The van der Waals surface area contributed by atoms with Crippen LogP contribution in [0.4, 0.5) is 8.78 Å². The van der Waals surface area contributed by atoms with Crippen LogP contribution in [0.5, 0.6) is 0 Å². The number of hydrogen-bond acceptors (Lipinski definition) is 2. The summed E-state index contributed by atoms with van der Waals surface area (Å²) in [6.45, 7) is -0.242. The predicted molar refractivity (Wildman–Crippen MR) is 76.5 cm³/mol. The van der Waals surface area contributed by atoms with E-state index >= 15 is 0 Å². The number of carbonyl (C=O) groups is 1. The molecule has 0 spiro atoms. The van der Waals surface area contributed by atoms with Gasteiger partial charge >= 0.3 is 0 Å². The lowest BCUT2D eigenvalue weighted by Gasteiger charge is -2.06. The molecule has 114 valence electrons. The van der Waals surface area contributed by atoms with Gasteiger partial charge in [-0.3, -0.25) is 4.79 Å². The summed E-state index contributed by atoms with van der Waals surface area (Å²) < 4.78 is 28.3. The van der Waals surface area contributed by atoms with Crippen molar-refractivity contribution in [2.24, 2.45) is 0 Å². The number of alkyl halides is 2. The molecule has 0 aliphatic heterocycles. The van der Waals surface area contributed by atoms with Gasteiger partial charge in [0.1, 0.15) is 6.61 Å². The Kier molecular flexibility index (Phi) is 5.68. The van der Waals surface area contributed by atoms with E-state index in [2.05, 4.69) is 15.0 Å². The molecule has 0 aliphatic rings. The highest BCUT2D eigenvalue weighted by molar-refractivity contribution is 5.84. The van der Waals surface area contributed by atoms with E-state index in [0.29, 0.717) is 12.8 Å². The summed E-state index contributed by atoms with van der Waals surface area (Å²) in [5.41, 5.74) is 2.14. The van der Waals surface area contributed by atoms with Gasteiger partial charge in [-0.1, -0.05) is 18.2 Å². The predicted octanol–water partition coefficient (Wildman–Crippen LogP) is 2.50. The minimum Gasteiger partial charge on any atom is -0.374 e. The highest BCUT2D eigenvalue weighted by Gasteiger charge is 2.06. The molecule has 2 rings (SSSR count). The first-order valence-electron chi connectivity index (χ1n) is 6.84. The van der Waals surface area contributed by atoms with Crippen LogP contribution in [0.3, 0.4) is 0 Å². The standard InChI is InChI=1S/C15H18F2N2O2/c16-14(17)10-21-8-7-18-15(20)6-5-11-9-19-13-4-2-1-3-12(11)13/h1-4,9,14,19H,5-8,10H2,(H,18,20). The van der Waals surface area contributed by atoms with Gasteiger partial charge in [-0.05, 0) is 18.1 Å². The molecular formula is C15H18F2N2O2. The number of rotatable bonds is 8. The van der Waals surface area contributed by atoms with Crippen LogP contribution in [-0.2, 0) is 16.0 Å². The molecule has 1 amide bonds. The minimum atomic E-state index is -2.47. The number of H-pyrrole nitrogens is 1. The van der Waals surface area contributed by atoms with Crippen molar-refractivity contribution in [3.63, 3.8) is 0 Å². The smallest absolute Gasteiger partial charge is 0.261 e. The van der Waals surface area contributed by atoms with Crippen LogP contribution in [0.25, 0.3) is 10.9 Å². The van der Waals surface area contributed by atoms with E-state index in [1.165, 1.54) is 0 Å². The number of benzene rings is 1. The highest BCUT2D eigenvalue weighted by atomic mass is 19.3. The number of hydrogen-bond donors (Lipinski definition) is 2. The zero-order chi connectivity index (χ0) is 15.1. The molecule has 0 aliphatic carbocycles. The van der Waals surface area contributed by atoms with Gasteiger partial charge in [-0.2, -0.15) is 0 Å². The van der Waals surface area contributed by atoms with E-state index in [1.54, 1.807) is 0 Å². The number of aryl methyl sites for hydroxylation is 1. The molecule has 2 aromatic rings. The van der Waals surface area contributed by atoms with Crippen molar-refractivity contribution in [3.05, 3.63) is 36.0 Å². The van der Waals surface area contributed by atoms with Gasteiger partial charge in [0.15, 0.2) is 0 Å². The second kappa shape index (κ2) is 7.73. The van der Waals surface area contributed by atoms with Crippen LogP contribution in [-0.4, -0.2) is 37.1 Å². The lowest BCUT2D eigenvalue weighted by Crippen LogP contribution is -2.27. The number of ether oxygens (including phenoxy) is 1. The Morgan fingerprint density at radius 2 is 2.14 bits per heavy atom. The number of fused-ring (bicyclic) bond motifs is 1. The summed E-state index contributed by atoms with van der Waals surface area (Å²) in [7, 11) is 0. The van der Waals surface area contributed by atoms with Crippen LogP contribution in [0, 0.1) is 0 Å². The first kappa shape index (κ1) is 15.4. The molecule has 1 aromatic carbocycles. The van der Waals surface area contributed by atoms with Crippen molar-refractivity contribution < 1.29 is 18.3 Å². The number of para-hydroxylation sites is 1. The van der Waals surface area contributed by atoms with Crippen molar-refractivity contribution in [3.8, 4) is 0 Å². The maximum Gasteiger partial charge on any atom is 0.261 e. The van der Waals surface area contributed by atoms with Crippen LogP contribution in [0.15, 0.2) is 30.5 Å². The molecule has 4 nitrogen and oxygen atoms in total. The van der Waals surface area contributed by atoms with E-state index in [4.69, 9.17) is 0 Å². The van der Waals surface area contributed by atoms with Crippen molar-refractivity contribution >= 4 is 16.8 Å². The summed E-state index contributed by atoms with van der Waals surface area (Å²) in [6.07, 6.45) is 0.427. The molecule has 0 unspecified atom stereocenters. The van der Waals surface area contributed by atoms with E-state index in [9.17, 15) is 13.6 Å². The monoisotopic (exact) mass is 296 g/mol. The highest BCUT2D eigenvalue weighted by Crippen LogP contribution is 2.18. The van der Waals surface area contributed by atoms with Crippen molar-refractivity contribution in [1.29, 1.82) is 0 Å². The third-order valence-electron chi connectivity index (χ3n) is 3.11. The van der Waals surface area contributed by atoms with Gasteiger partial charge in [0.25, 0.3) is 6.43 Å². The maximum absolute atomic E-state index is 11.8. The third-order valence-corrected chi connectivity index (χ3v) is 3.11. The number of amides is 1. The quantitative estimate of drug-likeness (QED) is 0.735. The average Bonchev–Trinajstić information content (AvgIpc) is 2.87. The Balaban J connectivity index is 1.69. The minimum absolute atomic E-state index is 0.100. The first-order valence-corrected chi connectivity index (χ1v) is 6.84. The fourth-order valence-corrected chi connectivity index (χ4v) is 2.11. The Morgan fingerprint density at radius 1 is 1.33 bits per heavy atom. The number of nitrogens with one attached hydrogen (secondary N) is 2.